The van der Waals surface area contributed by atoms with Gasteiger partial charge in [-0.2, -0.15) is 5.10 Å². The van der Waals surface area contributed by atoms with Crippen molar-refractivity contribution in [2.45, 2.75) is 6.92 Å². The van der Waals surface area contributed by atoms with Crippen molar-refractivity contribution in [1.82, 2.24) is 9.78 Å². The molecule has 0 aliphatic rings. The van der Waals surface area contributed by atoms with Crippen molar-refractivity contribution in [3.8, 4) is 11.1 Å². The second kappa shape index (κ2) is 5.67. The summed E-state index contributed by atoms with van der Waals surface area (Å²) in [5.74, 6) is -0.538. The zero-order valence-electron chi connectivity index (χ0n) is 10.3. The van der Waals surface area contributed by atoms with E-state index in [0.29, 0.717) is 5.69 Å². The summed E-state index contributed by atoms with van der Waals surface area (Å²) >= 11 is 5.47. The summed E-state index contributed by atoms with van der Waals surface area (Å²) in [5.41, 5.74) is 2.34. The quantitative estimate of drug-likeness (QED) is 0.876. The van der Waals surface area contributed by atoms with E-state index in [1.165, 1.54) is 11.6 Å². The van der Waals surface area contributed by atoms with Gasteiger partial charge in [0.05, 0.1) is 6.20 Å². The standard InChI is InChI=1S/C13H12ClN3O2/c1-9(18)16-12-4-2-3-10(5-12)11-7-15-17(8-11)13(19)6-14/h2-5,7-8H,6H2,1H3,(H,16,18). The molecule has 98 valence electrons. The van der Waals surface area contributed by atoms with Gasteiger partial charge in [0, 0.05) is 24.4 Å². The van der Waals surface area contributed by atoms with Crippen LogP contribution in [0.1, 0.15) is 11.7 Å². The molecule has 0 saturated carbocycles. The van der Waals surface area contributed by atoms with Crippen molar-refractivity contribution in [3.05, 3.63) is 36.7 Å². The maximum absolute atomic E-state index is 11.4. The molecule has 2 aromatic rings. The lowest BCUT2D eigenvalue weighted by Crippen LogP contribution is -2.11. The number of nitrogens with zero attached hydrogens (tertiary/aromatic N) is 2. The molecule has 0 bridgehead atoms. The number of amides is 1. The number of carbonyl (C=O) groups excluding carboxylic acids is 2. The van der Waals surface area contributed by atoms with E-state index in [2.05, 4.69) is 10.4 Å². The van der Waals surface area contributed by atoms with Crippen LogP contribution in [0.25, 0.3) is 11.1 Å². The van der Waals surface area contributed by atoms with E-state index in [0.717, 1.165) is 11.1 Å². The van der Waals surface area contributed by atoms with Crippen LogP contribution < -0.4 is 5.32 Å². The Kier molecular flexibility index (Phi) is 3.97. The first-order valence-corrected chi connectivity index (χ1v) is 6.15. The predicted molar refractivity (Wildman–Crippen MR) is 73.3 cm³/mol. The number of benzene rings is 1. The van der Waals surface area contributed by atoms with Crippen molar-refractivity contribution in [2.75, 3.05) is 11.2 Å². The molecule has 1 aromatic heterocycles. The maximum atomic E-state index is 11.4. The molecule has 0 fully saturated rings. The van der Waals surface area contributed by atoms with Crippen molar-refractivity contribution in [1.29, 1.82) is 0 Å². The van der Waals surface area contributed by atoms with Gasteiger partial charge in [0.25, 0.3) is 5.91 Å². The third kappa shape index (κ3) is 3.20. The fraction of sp³-hybridized carbons (Fsp3) is 0.154. The number of hydrogen-bond acceptors (Lipinski definition) is 3. The molecular weight excluding hydrogens is 266 g/mol. The van der Waals surface area contributed by atoms with Crippen LogP contribution in [0.2, 0.25) is 0 Å². The van der Waals surface area contributed by atoms with Crippen molar-refractivity contribution in [2.24, 2.45) is 0 Å². The van der Waals surface area contributed by atoms with Crippen LogP contribution in [-0.2, 0) is 4.79 Å². The van der Waals surface area contributed by atoms with E-state index >= 15 is 0 Å². The van der Waals surface area contributed by atoms with E-state index in [4.69, 9.17) is 11.6 Å². The van der Waals surface area contributed by atoms with E-state index in [1.807, 2.05) is 18.2 Å². The predicted octanol–water partition coefficient (Wildman–Crippen LogP) is 2.39. The van der Waals surface area contributed by atoms with Gasteiger partial charge in [-0.25, -0.2) is 4.68 Å². The number of halogens is 1. The number of anilines is 1. The average Bonchev–Trinajstić information content (AvgIpc) is 2.87. The van der Waals surface area contributed by atoms with Crippen molar-refractivity contribution < 1.29 is 9.59 Å². The Bertz CT molecular complexity index is 622. The van der Waals surface area contributed by atoms with Gasteiger partial charge in [-0.1, -0.05) is 12.1 Å². The van der Waals surface area contributed by atoms with Gasteiger partial charge >= 0.3 is 0 Å². The van der Waals surface area contributed by atoms with Crippen LogP contribution in [0.15, 0.2) is 36.7 Å². The molecule has 2 rings (SSSR count). The first-order chi connectivity index (χ1) is 9.10. The number of nitrogens with one attached hydrogen (secondary N) is 1. The Hall–Kier alpha value is -2.14. The lowest BCUT2D eigenvalue weighted by atomic mass is 10.1. The minimum atomic E-state index is -0.286. The Morgan fingerprint density at radius 1 is 1.37 bits per heavy atom. The fourth-order valence-electron chi connectivity index (χ4n) is 1.65. The second-order valence-corrected chi connectivity index (χ2v) is 4.23. The van der Waals surface area contributed by atoms with Crippen LogP contribution in [0.4, 0.5) is 5.69 Å². The summed E-state index contributed by atoms with van der Waals surface area (Å²) in [4.78, 5) is 22.4. The Morgan fingerprint density at radius 2 is 2.16 bits per heavy atom. The third-order valence-electron chi connectivity index (χ3n) is 2.47. The monoisotopic (exact) mass is 277 g/mol. The van der Waals surface area contributed by atoms with Gasteiger partial charge in [-0.05, 0) is 17.7 Å². The minimum Gasteiger partial charge on any atom is -0.326 e. The normalized spacial score (nSPS) is 10.2. The number of aromatic nitrogens is 2. The second-order valence-electron chi connectivity index (χ2n) is 3.96. The topological polar surface area (TPSA) is 64.0 Å². The van der Waals surface area contributed by atoms with Gasteiger partial charge in [-0.3, -0.25) is 9.59 Å². The van der Waals surface area contributed by atoms with Crippen LogP contribution in [0.3, 0.4) is 0 Å². The molecule has 5 nitrogen and oxygen atoms in total. The molecule has 19 heavy (non-hydrogen) atoms. The molecular formula is C13H12ClN3O2. The molecule has 0 spiro atoms. The van der Waals surface area contributed by atoms with E-state index in [9.17, 15) is 9.59 Å². The molecule has 1 N–H and O–H groups in total. The summed E-state index contributed by atoms with van der Waals surface area (Å²) < 4.78 is 1.20. The molecule has 6 heteroatoms. The first kappa shape index (κ1) is 13.3. The zero-order valence-corrected chi connectivity index (χ0v) is 11.0. The van der Waals surface area contributed by atoms with Crippen LogP contribution >= 0.6 is 11.6 Å². The van der Waals surface area contributed by atoms with Gasteiger partial charge in [-0.15, -0.1) is 11.6 Å². The van der Waals surface area contributed by atoms with E-state index in [-0.39, 0.29) is 17.7 Å². The van der Waals surface area contributed by atoms with Gasteiger partial charge in [0.1, 0.15) is 5.88 Å². The fourth-order valence-corrected chi connectivity index (χ4v) is 1.77. The molecule has 0 aliphatic carbocycles. The summed E-state index contributed by atoms with van der Waals surface area (Å²) in [6.45, 7) is 1.45. The lowest BCUT2D eigenvalue weighted by Gasteiger charge is -2.03. The smallest absolute Gasteiger partial charge is 0.261 e. The Balaban J connectivity index is 2.28. The number of rotatable bonds is 3. The number of carbonyl (C=O) groups is 2. The van der Waals surface area contributed by atoms with Crippen molar-refractivity contribution in [3.63, 3.8) is 0 Å². The average molecular weight is 278 g/mol. The van der Waals surface area contributed by atoms with E-state index < -0.39 is 0 Å². The highest BCUT2D eigenvalue weighted by atomic mass is 35.5. The summed E-state index contributed by atoms with van der Waals surface area (Å²) in [7, 11) is 0. The van der Waals surface area contributed by atoms with Gasteiger partial charge in [0.2, 0.25) is 5.91 Å². The van der Waals surface area contributed by atoms with Crippen LogP contribution in [-0.4, -0.2) is 27.5 Å². The molecule has 1 heterocycles. The highest BCUT2D eigenvalue weighted by Gasteiger charge is 2.07. The summed E-state index contributed by atoms with van der Waals surface area (Å²) in [6.07, 6.45) is 3.19. The van der Waals surface area contributed by atoms with Crippen LogP contribution in [0, 0.1) is 0 Å². The van der Waals surface area contributed by atoms with Gasteiger partial charge < -0.3 is 5.32 Å². The van der Waals surface area contributed by atoms with Crippen LogP contribution in [0.5, 0.6) is 0 Å². The molecule has 0 unspecified atom stereocenters. The van der Waals surface area contributed by atoms with E-state index in [1.54, 1.807) is 18.5 Å². The highest BCUT2D eigenvalue weighted by Crippen LogP contribution is 2.22. The zero-order chi connectivity index (χ0) is 13.8. The lowest BCUT2D eigenvalue weighted by molar-refractivity contribution is -0.114. The third-order valence-corrected chi connectivity index (χ3v) is 2.70. The molecule has 0 saturated heterocycles. The summed E-state index contributed by atoms with van der Waals surface area (Å²) in [6, 6.07) is 7.30. The SMILES string of the molecule is CC(=O)Nc1cccc(-c2cnn(C(=O)CCl)c2)c1. The van der Waals surface area contributed by atoms with Crippen molar-refractivity contribution >= 4 is 29.1 Å². The molecule has 1 aromatic carbocycles. The Morgan fingerprint density at radius 3 is 2.84 bits per heavy atom. The largest absolute Gasteiger partial charge is 0.326 e. The summed E-state index contributed by atoms with van der Waals surface area (Å²) in [5, 5.41) is 6.65. The number of alkyl halides is 1. The Labute approximate surface area is 115 Å². The molecule has 1 amide bonds. The molecule has 0 radical (unpaired) electrons. The molecule has 0 atom stereocenters. The maximum Gasteiger partial charge on any atom is 0.261 e. The number of hydrogen-bond donors (Lipinski definition) is 1. The molecule has 0 aliphatic heterocycles. The highest BCUT2D eigenvalue weighted by molar-refractivity contribution is 6.27. The first-order valence-electron chi connectivity index (χ1n) is 5.62. The minimum absolute atomic E-state index is 0.118. The van der Waals surface area contributed by atoms with Gasteiger partial charge in [0.15, 0.2) is 0 Å².